The van der Waals surface area contributed by atoms with Crippen molar-refractivity contribution in [2.24, 2.45) is 5.73 Å². The van der Waals surface area contributed by atoms with Crippen LogP contribution < -0.4 is 5.73 Å². The van der Waals surface area contributed by atoms with Gasteiger partial charge in [0.2, 0.25) is 0 Å². The molecule has 0 aliphatic carbocycles. The van der Waals surface area contributed by atoms with Gasteiger partial charge in [0, 0.05) is 5.56 Å². The van der Waals surface area contributed by atoms with E-state index in [2.05, 4.69) is 0 Å². The zero-order chi connectivity index (χ0) is 14.1. The van der Waals surface area contributed by atoms with E-state index in [1.54, 1.807) is 0 Å². The summed E-state index contributed by atoms with van der Waals surface area (Å²) in [5, 5.41) is 0. The SMILES string of the molecule is NC(c1cccc(C(F)(F)C(F)(F)F)c1)C(F)F. The van der Waals surface area contributed by atoms with Gasteiger partial charge in [-0.15, -0.1) is 0 Å². The highest BCUT2D eigenvalue weighted by atomic mass is 19.4. The first-order valence-corrected chi connectivity index (χ1v) is 4.66. The summed E-state index contributed by atoms with van der Waals surface area (Å²) >= 11 is 0. The van der Waals surface area contributed by atoms with Crippen LogP contribution in [0.2, 0.25) is 0 Å². The Kier molecular flexibility index (Phi) is 3.89. The van der Waals surface area contributed by atoms with E-state index in [9.17, 15) is 30.7 Å². The molecule has 0 radical (unpaired) electrons. The fraction of sp³-hybridized carbons (Fsp3) is 0.400. The average molecular weight is 275 g/mol. The highest BCUT2D eigenvalue weighted by molar-refractivity contribution is 5.30. The lowest BCUT2D eigenvalue weighted by molar-refractivity contribution is -0.289. The van der Waals surface area contributed by atoms with Gasteiger partial charge >= 0.3 is 12.1 Å². The second kappa shape index (κ2) is 4.75. The summed E-state index contributed by atoms with van der Waals surface area (Å²) < 4.78 is 86.6. The summed E-state index contributed by atoms with van der Waals surface area (Å²) in [6.07, 6.45) is -8.85. The van der Waals surface area contributed by atoms with E-state index in [4.69, 9.17) is 5.73 Å². The standard InChI is InChI=1S/C10H8F7N/c11-8(12)7(18)5-2-1-3-6(4-5)9(13,14)10(15,16)17/h1-4,7-8H,18H2. The number of nitrogens with two attached hydrogens (primary N) is 1. The molecule has 0 heterocycles. The molecule has 1 aromatic carbocycles. The van der Waals surface area contributed by atoms with Crippen LogP contribution in [0.5, 0.6) is 0 Å². The van der Waals surface area contributed by atoms with Crippen LogP contribution in [-0.4, -0.2) is 12.6 Å². The molecule has 1 aromatic rings. The van der Waals surface area contributed by atoms with Crippen molar-refractivity contribution in [1.29, 1.82) is 0 Å². The molecule has 1 rings (SSSR count). The van der Waals surface area contributed by atoms with Gasteiger partial charge in [-0.3, -0.25) is 0 Å². The quantitative estimate of drug-likeness (QED) is 0.838. The van der Waals surface area contributed by atoms with Crippen molar-refractivity contribution in [3.05, 3.63) is 35.4 Å². The van der Waals surface area contributed by atoms with Gasteiger partial charge in [0.05, 0.1) is 6.04 Å². The third-order valence-electron chi connectivity index (χ3n) is 2.26. The van der Waals surface area contributed by atoms with Crippen molar-refractivity contribution in [1.82, 2.24) is 0 Å². The molecule has 2 N–H and O–H groups in total. The molecule has 0 spiro atoms. The first-order valence-electron chi connectivity index (χ1n) is 4.66. The van der Waals surface area contributed by atoms with Crippen molar-refractivity contribution < 1.29 is 30.7 Å². The molecule has 1 unspecified atom stereocenters. The van der Waals surface area contributed by atoms with E-state index >= 15 is 0 Å². The third kappa shape index (κ3) is 2.74. The van der Waals surface area contributed by atoms with Crippen molar-refractivity contribution in [3.63, 3.8) is 0 Å². The number of halogens is 7. The Labute approximate surface area is 97.4 Å². The minimum absolute atomic E-state index is 0.338. The van der Waals surface area contributed by atoms with Gasteiger partial charge < -0.3 is 5.73 Å². The number of hydrogen-bond donors (Lipinski definition) is 1. The Morgan fingerprint density at radius 2 is 1.56 bits per heavy atom. The van der Waals surface area contributed by atoms with E-state index in [-0.39, 0.29) is 0 Å². The summed E-state index contributed by atoms with van der Waals surface area (Å²) in [7, 11) is 0. The monoisotopic (exact) mass is 275 g/mol. The second-order valence-electron chi connectivity index (χ2n) is 3.56. The van der Waals surface area contributed by atoms with Crippen LogP contribution >= 0.6 is 0 Å². The van der Waals surface area contributed by atoms with E-state index < -0.39 is 35.7 Å². The molecular formula is C10H8F7N. The highest BCUT2D eigenvalue weighted by Crippen LogP contribution is 2.44. The maximum atomic E-state index is 13.0. The summed E-state index contributed by atoms with van der Waals surface area (Å²) in [6.45, 7) is 0. The van der Waals surface area contributed by atoms with Crippen molar-refractivity contribution >= 4 is 0 Å². The molecule has 0 saturated heterocycles. The minimum atomic E-state index is -5.79. The van der Waals surface area contributed by atoms with Crippen LogP contribution in [0, 0.1) is 0 Å². The second-order valence-corrected chi connectivity index (χ2v) is 3.56. The van der Waals surface area contributed by atoms with Gasteiger partial charge in [0.25, 0.3) is 6.43 Å². The van der Waals surface area contributed by atoms with Crippen molar-refractivity contribution in [2.45, 2.75) is 24.6 Å². The van der Waals surface area contributed by atoms with Crippen LogP contribution in [0.4, 0.5) is 30.7 Å². The molecule has 0 aliphatic heterocycles. The van der Waals surface area contributed by atoms with E-state index in [0.717, 1.165) is 12.1 Å². The Morgan fingerprint density at radius 3 is 2.00 bits per heavy atom. The Bertz CT molecular complexity index is 413. The average Bonchev–Trinajstić information content (AvgIpc) is 2.26. The summed E-state index contributed by atoms with van der Waals surface area (Å²) in [4.78, 5) is 0. The topological polar surface area (TPSA) is 26.0 Å². The molecule has 102 valence electrons. The predicted octanol–water partition coefficient (Wildman–Crippen LogP) is 3.61. The summed E-state index contributed by atoms with van der Waals surface area (Å²) in [6, 6.07) is 0.729. The van der Waals surface area contributed by atoms with E-state index in [0.29, 0.717) is 12.1 Å². The fourth-order valence-electron chi connectivity index (χ4n) is 1.25. The van der Waals surface area contributed by atoms with Gasteiger partial charge in [0.1, 0.15) is 0 Å². The molecule has 0 fully saturated rings. The Balaban J connectivity index is 3.17. The van der Waals surface area contributed by atoms with Crippen molar-refractivity contribution in [3.8, 4) is 0 Å². The molecule has 0 aliphatic rings. The van der Waals surface area contributed by atoms with Crippen LogP contribution in [0.25, 0.3) is 0 Å². The Hall–Kier alpha value is -1.31. The predicted molar refractivity (Wildman–Crippen MR) is 49.3 cm³/mol. The van der Waals surface area contributed by atoms with Crippen LogP contribution in [0.15, 0.2) is 24.3 Å². The maximum absolute atomic E-state index is 13.0. The highest BCUT2D eigenvalue weighted by Gasteiger charge is 2.58. The molecule has 1 atom stereocenters. The zero-order valence-electron chi connectivity index (χ0n) is 8.69. The minimum Gasteiger partial charge on any atom is -0.319 e. The van der Waals surface area contributed by atoms with Gasteiger partial charge in [-0.1, -0.05) is 18.2 Å². The van der Waals surface area contributed by atoms with Crippen LogP contribution in [0.1, 0.15) is 17.2 Å². The summed E-state index contributed by atoms with van der Waals surface area (Å²) in [5.41, 5.74) is 3.09. The van der Waals surface area contributed by atoms with E-state index in [1.165, 1.54) is 0 Å². The number of benzene rings is 1. The van der Waals surface area contributed by atoms with Crippen molar-refractivity contribution in [2.75, 3.05) is 0 Å². The normalized spacial score (nSPS) is 14.9. The molecule has 0 amide bonds. The lowest BCUT2D eigenvalue weighted by atomic mass is 10.0. The first-order chi connectivity index (χ1) is 8.07. The smallest absolute Gasteiger partial charge is 0.319 e. The van der Waals surface area contributed by atoms with Gasteiger partial charge in [-0.2, -0.15) is 22.0 Å². The molecule has 0 aromatic heterocycles. The summed E-state index contributed by atoms with van der Waals surface area (Å²) in [5.74, 6) is -5.11. The molecule has 0 saturated carbocycles. The molecule has 1 nitrogen and oxygen atoms in total. The van der Waals surface area contributed by atoms with Gasteiger partial charge in [0.15, 0.2) is 0 Å². The van der Waals surface area contributed by atoms with Crippen LogP contribution in [-0.2, 0) is 5.92 Å². The lowest BCUT2D eigenvalue weighted by Gasteiger charge is -2.21. The largest absolute Gasteiger partial charge is 0.458 e. The Morgan fingerprint density at radius 1 is 1.00 bits per heavy atom. The number of rotatable bonds is 3. The third-order valence-corrected chi connectivity index (χ3v) is 2.26. The van der Waals surface area contributed by atoms with Gasteiger partial charge in [-0.25, -0.2) is 8.78 Å². The number of hydrogen-bond acceptors (Lipinski definition) is 1. The van der Waals surface area contributed by atoms with Crippen LogP contribution in [0.3, 0.4) is 0 Å². The van der Waals surface area contributed by atoms with E-state index in [1.807, 2.05) is 0 Å². The molecular weight excluding hydrogens is 267 g/mol. The molecule has 8 heteroatoms. The molecule has 0 bridgehead atoms. The zero-order valence-corrected chi connectivity index (χ0v) is 8.69. The number of alkyl halides is 7. The molecule has 18 heavy (non-hydrogen) atoms. The lowest BCUT2D eigenvalue weighted by Crippen LogP contribution is -2.34. The fourth-order valence-corrected chi connectivity index (χ4v) is 1.25. The van der Waals surface area contributed by atoms with Gasteiger partial charge in [-0.05, 0) is 11.6 Å². The maximum Gasteiger partial charge on any atom is 0.458 e. The first kappa shape index (κ1) is 14.7.